The Kier molecular flexibility index (Phi) is 4.76. The van der Waals surface area contributed by atoms with Crippen LogP contribution in [0.1, 0.15) is 31.2 Å². The highest BCUT2D eigenvalue weighted by Gasteiger charge is 2.14. The number of hydrogen-bond donors (Lipinski definition) is 2. The van der Waals surface area contributed by atoms with E-state index >= 15 is 0 Å². The van der Waals surface area contributed by atoms with E-state index in [0.717, 1.165) is 25.1 Å². The van der Waals surface area contributed by atoms with Crippen molar-refractivity contribution >= 4 is 5.78 Å². The first-order valence-electron chi connectivity index (χ1n) is 6.74. The standard InChI is InChI=1S/C15H21NO2/c17-14-6-3-12(4-7-14)10-15(18)8-5-13-2-1-9-16-11-13/h3-4,6-7,13,16-17H,1-2,5,8-11H2. The molecule has 1 aliphatic heterocycles. The molecule has 1 atom stereocenters. The Morgan fingerprint density at radius 3 is 2.78 bits per heavy atom. The molecule has 98 valence electrons. The van der Waals surface area contributed by atoms with Gasteiger partial charge in [-0.05, 0) is 56.0 Å². The minimum Gasteiger partial charge on any atom is -0.508 e. The normalized spacial score (nSPS) is 19.7. The minimum atomic E-state index is 0.250. The number of nitrogens with one attached hydrogen (secondary N) is 1. The summed E-state index contributed by atoms with van der Waals surface area (Å²) in [5.74, 6) is 1.22. The third-order valence-electron chi connectivity index (χ3n) is 3.57. The predicted molar refractivity (Wildman–Crippen MR) is 71.6 cm³/mol. The first-order valence-corrected chi connectivity index (χ1v) is 6.74. The average molecular weight is 247 g/mol. The number of benzene rings is 1. The molecule has 1 aliphatic rings. The van der Waals surface area contributed by atoms with Crippen LogP contribution >= 0.6 is 0 Å². The highest BCUT2D eigenvalue weighted by molar-refractivity contribution is 5.80. The van der Waals surface area contributed by atoms with Crippen molar-refractivity contribution in [3.05, 3.63) is 29.8 Å². The molecule has 3 nitrogen and oxygen atoms in total. The maximum atomic E-state index is 11.9. The Morgan fingerprint density at radius 1 is 1.33 bits per heavy atom. The predicted octanol–water partition coefficient (Wildman–Crippen LogP) is 2.28. The van der Waals surface area contributed by atoms with E-state index in [0.29, 0.717) is 24.5 Å². The lowest BCUT2D eigenvalue weighted by atomic mass is 9.92. The molecule has 0 aliphatic carbocycles. The summed E-state index contributed by atoms with van der Waals surface area (Å²) >= 11 is 0. The number of carbonyl (C=O) groups is 1. The number of hydrogen-bond acceptors (Lipinski definition) is 3. The summed E-state index contributed by atoms with van der Waals surface area (Å²) in [4.78, 5) is 11.9. The summed E-state index contributed by atoms with van der Waals surface area (Å²) in [7, 11) is 0. The van der Waals surface area contributed by atoms with Crippen LogP contribution in [-0.2, 0) is 11.2 Å². The molecule has 1 saturated heterocycles. The zero-order chi connectivity index (χ0) is 12.8. The summed E-state index contributed by atoms with van der Waals surface area (Å²) in [6, 6.07) is 6.89. The Bertz CT molecular complexity index is 380. The Hall–Kier alpha value is -1.35. The molecule has 1 aromatic rings. The van der Waals surface area contributed by atoms with E-state index in [1.54, 1.807) is 12.1 Å². The molecule has 0 radical (unpaired) electrons. The van der Waals surface area contributed by atoms with Crippen LogP contribution in [0.2, 0.25) is 0 Å². The molecule has 1 aromatic carbocycles. The van der Waals surface area contributed by atoms with Crippen molar-refractivity contribution < 1.29 is 9.90 Å². The number of rotatable bonds is 5. The van der Waals surface area contributed by atoms with Gasteiger partial charge >= 0.3 is 0 Å². The van der Waals surface area contributed by atoms with E-state index in [1.807, 2.05) is 12.1 Å². The Morgan fingerprint density at radius 2 is 2.11 bits per heavy atom. The van der Waals surface area contributed by atoms with E-state index in [1.165, 1.54) is 12.8 Å². The highest BCUT2D eigenvalue weighted by Crippen LogP contribution is 2.17. The van der Waals surface area contributed by atoms with E-state index in [2.05, 4.69) is 5.32 Å². The maximum Gasteiger partial charge on any atom is 0.137 e. The van der Waals surface area contributed by atoms with Gasteiger partial charge in [-0.2, -0.15) is 0 Å². The van der Waals surface area contributed by atoms with Gasteiger partial charge in [0, 0.05) is 12.8 Å². The van der Waals surface area contributed by atoms with Crippen LogP contribution in [0, 0.1) is 5.92 Å². The van der Waals surface area contributed by atoms with E-state index in [4.69, 9.17) is 0 Å². The van der Waals surface area contributed by atoms with Crippen LogP contribution in [0.5, 0.6) is 5.75 Å². The summed E-state index contributed by atoms with van der Waals surface area (Å²) in [5, 5.41) is 12.5. The van der Waals surface area contributed by atoms with Crippen molar-refractivity contribution in [3.8, 4) is 5.75 Å². The second-order valence-electron chi connectivity index (χ2n) is 5.13. The Balaban J connectivity index is 1.73. The minimum absolute atomic E-state index is 0.250. The van der Waals surface area contributed by atoms with Crippen molar-refractivity contribution in [1.82, 2.24) is 5.32 Å². The lowest BCUT2D eigenvalue weighted by Gasteiger charge is -2.22. The molecule has 1 heterocycles. The van der Waals surface area contributed by atoms with Gasteiger partial charge in [0.1, 0.15) is 11.5 Å². The molecule has 0 spiro atoms. The molecular formula is C15H21NO2. The fourth-order valence-electron chi connectivity index (χ4n) is 2.47. The van der Waals surface area contributed by atoms with E-state index < -0.39 is 0 Å². The second-order valence-corrected chi connectivity index (χ2v) is 5.13. The number of phenolic OH excluding ortho intramolecular Hbond substituents is 1. The number of phenols is 1. The Labute approximate surface area is 108 Å². The van der Waals surface area contributed by atoms with Crippen LogP contribution in [0.15, 0.2) is 24.3 Å². The number of ketones is 1. The van der Waals surface area contributed by atoms with Crippen LogP contribution in [0.25, 0.3) is 0 Å². The molecule has 2 N–H and O–H groups in total. The van der Waals surface area contributed by atoms with E-state index in [-0.39, 0.29) is 5.75 Å². The zero-order valence-corrected chi connectivity index (χ0v) is 10.7. The topological polar surface area (TPSA) is 49.3 Å². The number of Topliss-reactive ketones (excluding diaryl/α,β-unsaturated/α-hetero) is 1. The average Bonchev–Trinajstić information content (AvgIpc) is 2.40. The third-order valence-corrected chi connectivity index (χ3v) is 3.57. The van der Waals surface area contributed by atoms with Gasteiger partial charge in [0.25, 0.3) is 0 Å². The molecule has 1 fully saturated rings. The van der Waals surface area contributed by atoms with Gasteiger partial charge in [0.15, 0.2) is 0 Å². The van der Waals surface area contributed by atoms with Crippen LogP contribution < -0.4 is 5.32 Å². The van der Waals surface area contributed by atoms with Gasteiger partial charge in [-0.1, -0.05) is 12.1 Å². The molecule has 1 unspecified atom stereocenters. The molecule has 0 saturated carbocycles. The quantitative estimate of drug-likeness (QED) is 0.839. The highest BCUT2D eigenvalue weighted by atomic mass is 16.3. The second kappa shape index (κ2) is 6.55. The summed E-state index contributed by atoms with van der Waals surface area (Å²) in [5.41, 5.74) is 0.986. The van der Waals surface area contributed by atoms with E-state index in [9.17, 15) is 9.90 Å². The van der Waals surface area contributed by atoms with Crippen LogP contribution in [-0.4, -0.2) is 24.0 Å². The van der Waals surface area contributed by atoms with Crippen LogP contribution in [0.4, 0.5) is 0 Å². The molecule has 0 amide bonds. The molecular weight excluding hydrogens is 226 g/mol. The van der Waals surface area contributed by atoms with Gasteiger partial charge in [-0.15, -0.1) is 0 Å². The monoisotopic (exact) mass is 247 g/mol. The van der Waals surface area contributed by atoms with Crippen LogP contribution in [0.3, 0.4) is 0 Å². The number of piperidine rings is 1. The summed E-state index contributed by atoms with van der Waals surface area (Å²) in [6.45, 7) is 2.18. The van der Waals surface area contributed by atoms with Gasteiger partial charge in [-0.3, -0.25) is 4.79 Å². The van der Waals surface area contributed by atoms with Crippen molar-refractivity contribution in [2.75, 3.05) is 13.1 Å². The zero-order valence-electron chi connectivity index (χ0n) is 10.7. The first-order chi connectivity index (χ1) is 8.74. The largest absolute Gasteiger partial charge is 0.508 e. The summed E-state index contributed by atoms with van der Waals surface area (Å²) in [6.07, 6.45) is 4.65. The lowest BCUT2D eigenvalue weighted by molar-refractivity contribution is -0.118. The SMILES string of the molecule is O=C(CCC1CCCNC1)Cc1ccc(O)cc1. The van der Waals surface area contributed by atoms with Gasteiger partial charge < -0.3 is 10.4 Å². The maximum absolute atomic E-state index is 11.9. The van der Waals surface area contributed by atoms with Crippen molar-refractivity contribution in [2.45, 2.75) is 32.1 Å². The molecule has 18 heavy (non-hydrogen) atoms. The molecule has 0 bridgehead atoms. The lowest BCUT2D eigenvalue weighted by Crippen LogP contribution is -2.30. The van der Waals surface area contributed by atoms with Gasteiger partial charge in [0.2, 0.25) is 0 Å². The molecule has 3 heteroatoms. The van der Waals surface area contributed by atoms with Crippen molar-refractivity contribution in [3.63, 3.8) is 0 Å². The third kappa shape index (κ3) is 4.15. The number of carbonyl (C=O) groups excluding carboxylic acids is 1. The van der Waals surface area contributed by atoms with Gasteiger partial charge in [-0.25, -0.2) is 0 Å². The molecule has 2 rings (SSSR count). The van der Waals surface area contributed by atoms with Crippen molar-refractivity contribution in [2.24, 2.45) is 5.92 Å². The smallest absolute Gasteiger partial charge is 0.137 e. The fraction of sp³-hybridized carbons (Fsp3) is 0.533. The number of aromatic hydroxyl groups is 1. The first kappa shape index (κ1) is 13.1. The van der Waals surface area contributed by atoms with Crippen molar-refractivity contribution in [1.29, 1.82) is 0 Å². The van der Waals surface area contributed by atoms with Gasteiger partial charge in [0.05, 0.1) is 0 Å². The fourth-order valence-corrected chi connectivity index (χ4v) is 2.47. The molecule has 0 aromatic heterocycles. The summed E-state index contributed by atoms with van der Waals surface area (Å²) < 4.78 is 0.